The van der Waals surface area contributed by atoms with Gasteiger partial charge in [-0.1, -0.05) is 0 Å². The molecule has 50 valence electrons. The Morgan fingerprint density at radius 1 is 1.50 bits per heavy atom. The normalized spacial score (nSPS) is 9.00. The van der Waals surface area contributed by atoms with Crippen LogP contribution in [0.5, 0.6) is 0 Å². The van der Waals surface area contributed by atoms with E-state index in [1.165, 1.54) is 13.0 Å². The SMILES string of the molecule is C=Bc1cc(C)ccc1F. The molecule has 10 heavy (non-hydrogen) atoms. The van der Waals surface area contributed by atoms with Crippen LogP contribution in [-0.2, 0) is 0 Å². The third kappa shape index (κ3) is 1.32. The summed E-state index contributed by atoms with van der Waals surface area (Å²) in [5, 5.41) is 0. The third-order valence-corrected chi connectivity index (χ3v) is 1.37. The number of benzene rings is 1. The van der Waals surface area contributed by atoms with Crippen LogP contribution in [0.25, 0.3) is 0 Å². The Kier molecular flexibility index (Phi) is 2.00. The van der Waals surface area contributed by atoms with Crippen LogP contribution >= 0.6 is 0 Å². The van der Waals surface area contributed by atoms with E-state index < -0.39 is 0 Å². The maximum absolute atomic E-state index is 12.7. The maximum atomic E-state index is 12.7. The molecule has 0 aliphatic heterocycles. The first-order chi connectivity index (χ1) is 4.74. The van der Waals surface area contributed by atoms with Gasteiger partial charge in [0.25, 0.3) is 0 Å². The Morgan fingerprint density at radius 3 is 2.70 bits per heavy atom. The number of hydrogen-bond donors (Lipinski definition) is 0. The van der Waals surface area contributed by atoms with Crippen molar-refractivity contribution in [3.63, 3.8) is 0 Å². The van der Waals surface area contributed by atoms with Crippen molar-refractivity contribution in [2.24, 2.45) is 0 Å². The number of hydrogen-bond acceptors (Lipinski definition) is 0. The molecule has 0 aliphatic carbocycles. The molecule has 0 atom stereocenters. The van der Waals surface area contributed by atoms with Crippen molar-refractivity contribution in [3.05, 3.63) is 29.6 Å². The fourth-order valence-electron chi connectivity index (χ4n) is 0.820. The van der Waals surface area contributed by atoms with Crippen LogP contribution in [0.3, 0.4) is 0 Å². The van der Waals surface area contributed by atoms with Gasteiger partial charge in [-0.2, -0.15) is 0 Å². The van der Waals surface area contributed by atoms with Crippen molar-refractivity contribution >= 4 is 18.9 Å². The predicted octanol–water partition coefficient (Wildman–Crippen LogP) is 0.896. The standard InChI is InChI=1S/C8H8BF/c1-6-3-4-8(10)7(5-6)9-2/h3-5H,2H2,1H3. The van der Waals surface area contributed by atoms with Gasteiger partial charge >= 0.3 is 59.7 Å². The number of rotatable bonds is 1. The average molecular weight is 134 g/mol. The zero-order chi connectivity index (χ0) is 7.56. The van der Waals surface area contributed by atoms with E-state index >= 15 is 0 Å². The van der Waals surface area contributed by atoms with E-state index in [0.717, 1.165) is 5.56 Å². The minimum absolute atomic E-state index is 0.208. The van der Waals surface area contributed by atoms with E-state index in [1.807, 2.05) is 6.92 Å². The van der Waals surface area contributed by atoms with E-state index in [4.69, 9.17) is 0 Å². The molecule has 1 aromatic rings. The monoisotopic (exact) mass is 134 g/mol. The van der Waals surface area contributed by atoms with Gasteiger partial charge in [-0.3, -0.25) is 0 Å². The van der Waals surface area contributed by atoms with E-state index in [-0.39, 0.29) is 5.82 Å². The first-order valence-corrected chi connectivity index (χ1v) is 3.12. The zero-order valence-electron chi connectivity index (χ0n) is 5.89. The molecule has 0 unspecified atom stereocenters. The Hall–Kier alpha value is -0.915. The van der Waals surface area contributed by atoms with Crippen molar-refractivity contribution < 1.29 is 4.39 Å². The van der Waals surface area contributed by atoms with Gasteiger partial charge in [0.2, 0.25) is 0 Å². The summed E-state index contributed by atoms with van der Waals surface area (Å²) in [5.41, 5.74) is 1.62. The molecule has 0 fully saturated rings. The van der Waals surface area contributed by atoms with Gasteiger partial charge in [-0.15, -0.1) is 0 Å². The number of halogens is 1. The fraction of sp³-hybridized carbons (Fsp3) is 0.125. The molecule has 1 aromatic carbocycles. The van der Waals surface area contributed by atoms with E-state index in [1.54, 1.807) is 12.1 Å². The molecule has 0 N–H and O–H groups in total. The summed E-state index contributed by atoms with van der Waals surface area (Å²) in [5.74, 6) is -0.208. The molecular formula is C8H8BF. The van der Waals surface area contributed by atoms with Crippen molar-refractivity contribution in [3.8, 4) is 0 Å². The van der Waals surface area contributed by atoms with E-state index in [0.29, 0.717) is 5.46 Å². The molecular weight excluding hydrogens is 126 g/mol. The van der Waals surface area contributed by atoms with Crippen LogP contribution in [0.1, 0.15) is 5.56 Å². The predicted molar refractivity (Wildman–Crippen MR) is 43.6 cm³/mol. The van der Waals surface area contributed by atoms with Crippen LogP contribution in [0.15, 0.2) is 18.2 Å². The van der Waals surface area contributed by atoms with Gasteiger partial charge in [-0.25, -0.2) is 0 Å². The second kappa shape index (κ2) is 2.78. The molecule has 1 rings (SSSR count). The topological polar surface area (TPSA) is 0 Å². The summed E-state index contributed by atoms with van der Waals surface area (Å²) in [4.78, 5) is 0. The van der Waals surface area contributed by atoms with E-state index in [2.05, 4.69) is 6.47 Å². The Balaban J connectivity index is 3.21. The quantitative estimate of drug-likeness (QED) is 0.500. The molecule has 0 nitrogen and oxygen atoms in total. The first kappa shape index (κ1) is 7.20. The molecule has 0 amide bonds. The van der Waals surface area contributed by atoms with Gasteiger partial charge in [0.05, 0.1) is 0 Å². The average Bonchev–Trinajstić information content (AvgIpc) is 1.94. The van der Waals surface area contributed by atoms with Gasteiger partial charge in [0, 0.05) is 0 Å². The van der Waals surface area contributed by atoms with Crippen LogP contribution in [0.2, 0.25) is 0 Å². The molecule has 0 aliphatic rings. The molecule has 0 spiro atoms. The number of aryl methyl sites for hydroxylation is 1. The molecule has 0 saturated carbocycles. The molecule has 2 heteroatoms. The van der Waals surface area contributed by atoms with Gasteiger partial charge in [0.15, 0.2) is 0 Å². The minimum atomic E-state index is -0.208. The molecule has 0 saturated heterocycles. The summed E-state index contributed by atoms with van der Waals surface area (Å²) in [6.07, 6.45) is 0. The van der Waals surface area contributed by atoms with Gasteiger partial charge in [0.1, 0.15) is 0 Å². The van der Waals surface area contributed by atoms with Crippen LogP contribution in [0, 0.1) is 12.7 Å². The molecule has 0 bridgehead atoms. The van der Waals surface area contributed by atoms with E-state index in [9.17, 15) is 4.39 Å². The Labute approximate surface area is 60.6 Å². The first-order valence-electron chi connectivity index (χ1n) is 3.12. The third-order valence-electron chi connectivity index (χ3n) is 1.37. The summed E-state index contributed by atoms with van der Waals surface area (Å²) in [6.45, 7) is 6.93. The summed E-state index contributed by atoms with van der Waals surface area (Å²) in [7, 11) is 0. The van der Waals surface area contributed by atoms with Crippen LogP contribution < -0.4 is 5.46 Å². The fourth-order valence-corrected chi connectivity index (χ4v) is 0.820. The Bertz CT molecular complexity index is 255. The Morgan fingerprint density at radius 2 is 2.20 bits per heavy atom. The van der Waals surface area contributed by atoms with Gasteiger partial charge in [-0.05, 0) is 0 Å². The second-order valence-electron chi connectivity index (χ2n) is 2.23. The zero-order valence-corrected chi connectivity index (χ0v) is 5.89. The van der Waals surface area contributed by atoms with Crippen molar-refractivity contribution in [1.82, 2.24) is 0 Å². The van der Waals surface area contributed by atoms with Crippen LogP contribution in [-0.4, -0.2) is 13.4 Å². The molecule has 0 heterocycles. The summed E-state index contributed by atoms with van der Waals surface area (Å²) in [6, 6.07) is 4.96. The van der Waals surface area contributed by atoms with Crippen molar-refractivity contribution in [2.45, 2.75) is 6.92 Å². The van der Waals surface area contributed by atoms with Crippen LogP contribution in [0.4, 0.5) is 4.39 Å². The molecule has 0 radical (unpaired) electrons. The van der Waals surface area contributed by atoms with Crippen molar-refractivity contribution in [1.29, 1.82) is 0 Å². The molecule has 0 aromatic heterocycles. The summed E-state index contributed by atoms with van der Waals surface area (Å²) >= 11 is 0. The summed E-state index contributed by atoms with van der Waals surface area (Å²) < 4.78 is 12.7. The second-order valence-corrected chi connectivity index (χ2v) is 2.23. The van der Waals surface area contributed by atoms with Gasteiger partial charge < -0.3 is 0 Å². The van der Waals surface area contributed by atoms with Crippen molar-refractivity contribution in [2.75, 3.05) is 0 Å².